The summed E-state index contributed by atoms with van der Waals surface area (Å²) in [6.45, 7) is 4.73. The molecule has 4 nitrogen and oxygen atoms in total. The van der Waals surface area contributed by atoms with Gasteiger partial charge < -0.3 is 14.8 Å². The summed E-state index contributed by atoms with van der Waals surface area (Å²) >= 11 is 0. The highest BCUT2D eigenvalue weighted by Crippen LogP contribution is 2.22. The molecule has 1 amide bonds. The maximum atomic E-state index is 12.8. The van der Waals surface area contributed by atoms with Gasteiger partial charge in [-0.15, -0.1) is 0 Å². The first-order valence-corrected chi connectivity index (χ1v) is 9.93. The van der Waals surface area contributed by atoms with Crippen LogP contribution in [-0.2, 0) is 6.54 Å². The summed E-state index contributed by atoms with van der Waals surface area (Å²) < 4.78 is 2.17. The highest BCUT2D eigenvalue weighted by Gasteiger charge is 2.15. The van der Waals surface area contributed by atoms with E-state index in [4.69, 9.17) is 0 Å². The van der Waals surface area contributed by atoms with E-state index in [0.29, 0.717) is 6.54 Å². The van der Waals surface area contributed by atoms with Crippen molar-refractivity contribution in [3.63, 3.8) is 0 Å². The van der Waals surface area contributed by atoms with E-state index in [1.807, 2.05) is 30.5 Å². The number of aromatic nitrogens is 1. The van der Waals surface area contributed by atoms with Crippen LogP contribution >= 0.6 is 0 Å². The van der Waals surface area contributed by atoms with Crippen LogP contribution in [0, 0.1) is 0 Å². The third-order valence-electron chi connectivity index (χ3n) is 5.39. The van der Waals surface area contributed by atoms with E-state index in [1.54, 1.807) is 0 Å². The quantitative estimate of drug-likeness (QED) is 0.723. The van der Waals surface area contributed by atoms with Gasteiger partial charge in [0.15, 0.2) is 0 Å². The third kappa shape index (κ3) is 4.22. The van der Waals surface area contributed by atoms with Crippen molar-refractivity contribution in [2.45, 2.75) is 25.8 Å². The number of hydrogen-bond donors (Lipinski definition) is 1. The van der Waals surface area contributed by atoms with E-state index < -0.39 is 0 Å². The van der Waals surface area contributed by atoms with Crippen LogP contribution in [0.1, 0.15) is 35.2 Å². The summed E-state index contributed by atoms with van der Waals surface area (Å²) in [5.74, 6) is 0.0232. The second-order valence-electron chi connectivity index (χ2n) is 7.33. The summed E-state index contributed by atoms with van der Waals surface area (Å²) in [6, 6.07) is 18.5. The third-order valence-corrected chi connectivity index (χ3v) is 5.39. The summed E-state index contributed by atoms with van der Waals surface area (Å²) in [7, 11) is 0. The number of nitrogens with zero attached hydrogens (tertiary/aromatic N) is 2. The number of fused-ring (bicyclic) bond motifs is 1. The molecule has 1 aliphatic rings. The van der Waals surface area contributed by atoms with Crippen LogP contribution in [-0.4, -0.2) is 41.6 Å². The Labute approximate surface area is 160 Å². The summed E-state index contributed by atoms with van der Waals surface area (Å²) in [5.41, 5.74) is 3.10. The molecule has 1 fully saturated rings. The molecule has 0 saturated carbocycles. The molecule has 0 radical (unpaired) electrons. The summed E-state index contributed by atoms with van der Waals surface area (Å²) in [5, 5.41) is 4.14. The number of benzene rings is 2. The molecule has 2 heterocycles. The van der Waals surface area contributed by atoms with Crippen molar-refractivity contribution < 1.29 is 4.79 Å². The molecule has 3 aromatic rings. The minimum absolute atomic E-state index is 0.0232. The first-order valence-electron chi connectivity index (χ1n) is 9.93. The normalized spacial score (nSPS) is 15.1. The highest BCUT2D eigenvalue weighted by molar-refractivity contribution is 6.07. The van der Waals surface area contributed by atoms with Crippen LogP contribution in [0.2, 0.25) is 0 Å². The zero-order valence-electron chi connectivity index (χ0n) is 15.7. The van der Waals surface area contributed by atoms with Gasteiger partial charge in [0.05, 0.1) is 5.56 Å². The Hall–Kier alpha value is -2.59. The molecule has 1 aliphatic heterocycles. The number of amides is 1. The van der Waals surface area contributed by atoms with Gasteiger partial charge in [0.2, 0.25) is 0 Å². The van der Waals surface area contributed by atoms with E-state index in [1.165, 1.54) is 24.8 Å². The van der Waals surface area contributed by atoms with Crippen LogP contribution in [0.15, 0.2) is 60.8 Å². The van der Waals surface area contributed by atoms with E-state index in [0.717, 1.165) is 42.6 Å². The second kappa shape index (κ2) is 8.40. The molecule has 0 spiro atoms. The lowest BCUT2D eigenvalue weighted by molar-refractivity contribution is 0.0948. The molecule has 0 aliphatic carbocycles. The van der Waals surface area contributed by atoms with Crippen molar-refractivity contribution >= 4 is 16.8 Å². The molecule has 0 bridgehead atoms. The molecule has 0 unspecified atom stereocenters. The maximum absolute atomic E-state index is 12.8. The minimum Gasteiger partial charge on any atom is -0.351 e. The zero-order valence-corrected chi connectivity index (χ0v) is 15.7. The van der Waals surface area contributed by atoms with Crippen molar-refractivity contribution in [2.75, 3.05) is 26.2 Å². The predicted octanol–water partition coefficient (Wildman–Crippen LogP) is 3.91. The summed E-state index contributed by atoms with van der Waals surface area (Å²) in [6.07, 6.45) is 5.89. The fourth-order valence-electron chi connectivity index (χ4n) is 3.94. The van der Waals surface area contributed by atoms with Gasteiger partial charge >= 0.3 is 0 Å². The number of nitrogens with one attached hydrogen (secondary N) is 1. The maximum Gasteiger partial charge on any atom is 0.253 e. The largest absolute Gasteiger partial charge is 0.351 e. The van der Waals surface area contributed by atoms with Gasteiger partial charge in [-0.1, -0.05) is 55.0 Å². The Kier molecular flexibility index (Phi) is 5.54. The van der Waals surface area contributed by atoms with Gasteiger partial charge in [0.1, 0.15) is 0 Å². The van der Waals surface area contributed by atoms with Crippen LogP contribution < -0.4 is 5.32 Å². The topological polar surface area (TPSA) is 37.3 Å². The summed E-state index contributed by atoms with van der Waals surface area (Å²) in [4.78, 5) is 15.3. The van der Waals surface area contributed by atoms with E-state index in [-0.39, 0.29) is 5.91 Å². The zero-order chi connectivity index (χ0) is 18.5. The Morgan fingerprint density at radius 3 is 2.48 bits per heavy atom. The van der Waals surface area contributed by atoms with Gasteiger partial charge in [-0.2, -0.15) is 0 Å². The Bertz CT molecular complexity index is 894. The van der Waals surface area contributed by atoms with E-state index in [2.05, 4.69) is 45.1 Å². The van der Waals surface area contributed by atoms with Crippen molar-refractivity contribution in [1.29, 1.82) is 0 Å². The first-order chi connectivity index (χ1) is 13.3. The van der Waals surface area contributed by atoms with Gasteiger partial charge in [0.25, 0.3) is 5.91 Å². The van der Waals surface area contributed by atoms with Crippen molar-refractivity contribution in [3.05, 3.63) is 71.9 Å². The lowest BCUT2D eigenvalue weighted by atomic mass is 10.1. The molecule has 4 heteroatoms. The van der Waals surface area contributed by atoms with Crippen molar-refractivity contribution in [1.82, 2.24) is 14.8 Å². The smallest absolute Gasteiger partial charge is 0.253 e. The fourth-order valence-corrected chi connectivity index (χ4v) is 3.94. The molecule has 27 heavy (non-hydrogen) atoms. The monoisotopic (exact) mass is 361 g/mol. The number of piperidine rings is 1. The lowest BCUT2D eigenvalue weighted by Gasteiger charge is -2.26. The van der Waals surface area contributed by atoms with E-state index >= 15 is 0 Å². The number of likely N-dealkylation sites (tertiary alicyclic amines) is 1. The van der Waals surface area contributed by atoms with Gasteiger partial charge in [-0.05, 0) is 37.6 Å². The second-order valence-corrected chi connectivity index (χ2v) is 7.33. The van der Waals surface area contributed by atoms with Gasteiger partial charge in [-0.3, -0.25) is 4.79 Å². The van der Waals surface area contributed by atoms with Crippen LogP contribution in [0.3, 0.4) is 0 Å². The Balaban J connectivity index is 1.48. The predicted molar refractivity (Wildman–Crippen MR) is 110 cm³/mol. The number of hydrogen-bond acceptors (Lipinski definition) is 2. The average Bonchev–Trinajstić information content (AvgIpc) is 3.08. The molecule has 140 valence electrons. The molecule has 1 saturated heterocycles. The number of carbonyl (C=O) groups is 1. The first kappa shape index (κ1) is 17.8. The SMILES string of the molecule is O=C(NCCN1CCCCC1)c1cn(Cc2ccccc2)c2ccccc12. The molecule has 1 N–H and O–H groups in total. The Morgan fingerprint density at radius 2 is 1.67 bits per heavy atom. The van der Waals surface area contributed by atoms with Crippen LogP contribution in [0.25, 0.3) is 10.9 Å². The minimum atomic E-state index is 0.0232. The number of rotatable bonds is 6. The molecule has 2 aromatic carbocycles. The van der Waals surface area contributed by atoms with E-state index in [9.17, 15) is 4.79 Å². The molecule has 1 aromatic heterocycles. The molecular weight excluding hydrogens is 334 g/mol. The highest BCUT2D eigenvalue weighted by atomic mass is 16.1. The average molecular weight is 361 g/mol. The number of carbonyl (C=O) groups excluding carboxylic acids is 1. The number of para-hydroxylation sites is 1. The standard InChI is InChI=1S/C23H27N3O/c27-23(24-13-16-25-14-7-2-8-15-25)21-18-26(17-19-9-3-1-4-10-19)22-12-6-5-11-20(21)22/h1,3-6,9-12,18H,2,7-8,13-17H2,(H,24,27). The van der Waals surface area contributed by atoms with Gasteiger partial charge in [-0.25, -0.2) is 0 Å². The van der Waals surface area contributed by atoms with Gasteiger partial charge in [0, 0.05) is 36.7 Å². The molecule has 4 rings (SSSR count). The fraction of sp³-hybridized carbons (Fsp3) is 0.348. The molecular formula is C23H27N3O. The molecule has 0 atom stereocenters. The van der Waals surface area contributed by atoms with Crippen molar-refractivity contribution in [2.24, 2.45) is 0 Å². The van der Waals surface area contributed by atoms with Crippen molar-refractivity contribution in [3.8, 4) is 0 Å². The Morgan fingerprint density at radius 1 is 0.926 bits per heavy atom. The lowest BCUT2D eigenvalue weighted by Crippen LogP contribution is -2.37. The van der Waals surface area contributed by atoms with Crippen LogP contribution in [0.4, 0.5) is 0 Å². The van der Waals surface area contributed by atoms with Crippen LogP contribution in [0.5, 0.6) is 0 Å².